The summed E-state index contributed by atoms with van der Waals surface area (Å²) in [6, 6.07) is 1.87. The van der Waals surface area contributed by atoms with Crippen LogP contribution in [0.15, 0.2) is 18.5 Å². The number of carbonyl (C=O) groups is 1. The molecule has 2 aliphatic rings. The molecule has 2 fully saturated rings. The first-order chi connectivity index (χ1) is 7.33. The predicted molar refractivity (Wildman–Crippen MR) is 56.2 cm³/mol. The van der Waals surface area contributed by atoms with Crippen molar-refractivity contribution in [2.24, 2.45) is 17.8 Å². The lowest BCUT2D eigenvalue weighted by Crippen LogP contribution is -2.25. The molecule has 0 N–H and O–H groups in total. The first kappa shape index (κ1) is 9.13. The second kappa shape index (κ2) is 3.47. The van der Waals surface area contributed by atoms with Crippen molar-refractivity contribution in [2.45, 2.75) is 32.2 Å². The standard InChI is InChI=1S/C12H16N2O/c15-12(8-14-5-1-4-13-14)11-7-9-2-3-10(11)6-9/h1,4-5,9-11H,2-3,6-8H2. The smallest absolute Gasteiger partial charge is 0.157 e. The van der Waals surface area contributed by atoms with E-state index < -0.39 is 0 Å². The Bertz CT molecular complexity index is 358. The Kier molecular flexibility index (Phi) is 2.11. The second-order valence-corrected chi connectivity index (χ2v) is 4.95. The zero-order valence-electron chi connectivity index (χ0n) is 8.80. The van der Waals surface area contributed by atoms with Crippen molar-refractivity contribution in [3.63, 3.8) is 0 Å². The zero-order valence-corrected chi connectivity index (χ0v) is 8.80. The fraction of sp³-hybridized carbons (Fsp3) is 0.667. The third-order valence-corrected chi connectivity index (χ3v) is 4.03. The lowest BCUT2D eigenvalue weighted by molar-refractivity contribution is -0.125. The Morgan fingerprint density at radius 2 is 2.33 bits per heavy atom. The number of Topliss-reactive ketones (excluding diaryl/α,β-unsaturated/α-hetero) is 1. The molecule has 2 aliphatic carbocycles. The predicted octanol–water partition coefficient (Wildman–Crippen LogP) is 1.89. The molecule has 3 atom stereocenters. The summed E-state index contributed by atoms with van der Waals surface area (Å²) < 4.78 is 1.74. The zero-order chi connectivity index (χ0) is 10.3. The quantitative estimate of drug-likeness (QED) is 0.753. The lowest BCUT2D eigenvalue weighted by atomic mass is 9.85. The second-order valence-electron chi connectivity index (χ2n) is 4.95. The number of fused-ring (bicyclic) bond motifs is 2. The third kappa shape index (κ3) is 1.60. The molecule has 1 heterocycles. The van der Waals surface area contributed by atoms with Crippen molar-refractivity contribution < 1.29 is 4.79 Å². The van der Waals surface area contributed by atoms with Crippen LogP contribution in [-0.4, -0.2) is 15.6 Å². The van der Waals surface area contributed by atoms with Gasteiger partial charge in [0, 0.05) is 18.3 Å². The molecule has 0 aromatic carbocycles. The number of aromatic nitrogens is 2. The van der Waals surface area contributed by atoms with Gasteiger partial charge in [0.25, 0.3) is 0 Å². The molecule has 1 aromatic rings. The van der Waals surface area contributed by atoms with Crippen LogP contribution in [0.2, 0.25) is 0 Å². The summed E-state index contributed by atoms with van der Waals surface area (Å²) in [6.07, 6.45) is 8.68. The number of hydrogen-bond donors (Lipinski definition) is 0. The van der Waals surface area contributed by atoms with Gasteiger partial charge in [0.15, 0.2) is 5.78 Å². The van der Waals surface area contributed by atoms with Gasteiger partial charge >= 0.3 is 0 Å². The summed E-state index contributed by atoms with van der Waals surface area (Å²) in [7, 11) is 0. The van der Waals surface area contributed by atoms with Gasteiger partial charge in [-0.25, -0.2) is 0 Å². The SMILES string of the molecule is O=C(Cn1cccn1)C1CC2CCC1C2. The minimum absolute atomic E-state index is 0.341. The summed E-state index contributed by atoms with van der Waals surface area (Å²) in [5.74, 6) is 2.28. The molecule has 0 spiro atoms. The summed E-state index contributed by atoms with van der Waals surface area (Å²) in [5, 5.41) is 4.09. The Balaban J connectivity index is 1.66. The molecule has 15 heavy (non-hydrogen) atoms. The number of carbonyl (C=O) groups excluding carboxylic acids is 1. The van der Waals surface area contributed by atoms with E-state index >= 15 is 0 Å². The Morgan fingerprint density at radius 1 is 1.40 bits per heavy atom. The molecule has 2 saturated carbocycles. The van der Waals surface area contributed by atoms with Gasteiger partial charge in [0.1, 0.15) is 0 Å². The molecule has 80 valence electrons. The van der Waals surface area contributed by atoms with E-state index in [2.05, 4.69) is 5.10 Å². The van der Waals surface area contributed by atoms with Crippen LogP contribution in [0.4, 0.5) is 0 Å². The third-order valence-electron chi connectivity index (χ3n) is 4.03. The van der Waals surface area contributed by atoms with E-state index in [1.165, 1.54) is 19.3 Å². The monoisotopic (exact) mass is 204 g/mol. The summed E-state index contributed by atoms with van der Waals surface area (Å²) in [5.41, 5.74) is 0. The Labute approximate surface area is 89.5 Å². The van der Waals surface area contributed by atoms with Gasteiger partial charge < -0.3 is 0 Å². The molecule has 2 bridgehead atoms. The molecule has 3 rings (SSSR count). The lowest BCUT2D eigenvalue weighted by Gasteiger charge is -2.20. The fourth-order valence-corrected chi connectivity index (χ4v) is 3.31. The van der Waals surface area contributed by atoms with Crippen molar-refractivity contribution in [3.8, 4) is 0 Å². The van der Waals surface area contributed by atoms with E-state index in [-0.39, 0.29) is 0 Å². The van der Waals surface area contributed by atoms with E-state index in [0.717, 1.165) is 12.3 Å². The molecule has 0 aliphatic heterocycles. The molecule has 0 saturated heterocycles. The van der Waals surface area contributed by atoms with Crippen LogP contribution in [0.5, 0.6) is 0 Å². The van der Waals surface area contributed by atoms with E-state index in [1.54, 1.807) is 10.9 Å². The molecule has 0 amide bonds. The largest absolute Gasteiger partial charge is 0.297 e. The van der Waals surface area contributed by atoms with Crippen molar-refractivity contribution in [1.29, 1.82) is 0 Å². The average molecular weight is 204 g/mol. The maximum absolute atomic E-state index is 12.0. The highest BCUT2D eigenvalue weighted by atomic mass is 16.1. The topological polar surface area (TPSA) is 34.9 Å². The van der Waals surface area contributed by atoms with Crippen LogP contribution in [0.1, 0.15) is 25.7 Å². The van der Waals surface area contributed by atoms with Crippen molar-refractivity contribution in [1.82, 2.24) is 9.78 Å². The van der Waals surface area contributed by atoms with Gasteiger partial charge in [0.2, 0.25) is 0 Å². The Morgan fingerprint density at radius 3 is 2.93 bits per heavy atom. The summed E-state index contributed by atoms with van der Waals surface area (Å²) in [6.45, 7) is 0.473. The van der Waals surface area contributed by atoms with Crippen molar-refractivity contribution in [2.75, 3.05) is 0 Å². The van der Waals surface area contributed by atoms with Crippen LogP contribution >= 0.6 is 0 Å². The normalized spacial score (nSPS) is 33.5. The number of rotatable bonds is 3. The van der Waals surface area contributed by atoms with Crippen molar-refractivity contribution in [3.05, 3.63) is 18.5 Å². The van der Waals surface area contributed by atoms with Crippen molar-refractivity contribution >= 4 is 5.78 Å². The van der Waals surface area contributed by atoms with Gasteiger partial charge in [-0.2, -0.15) is 5.10 Å². The molecular weight excluding hydrogens is 188 g/mol. The van der Waals surface area contributed by atoms with Crippen LogP contribution in [-0.2, 0) is 11.3 Å². The molecular formula is C12H16N2O. The molecule has 3 nitrogen and oxygen atoms in total. The molecule has 1 aromatic heterocycles. The van der Waals surface area contributed by atoms with Crippen LogP contribution in [0.25, 0.3) is 0 Å². The Hall–Kier alpha value is -1.12. The summed E-state index contributed by atoms with van der Waals surface area (Å²) >= 11 is 0. The van der Waals surface area contributed by atoms with Gasteiger partial charge in [-0.1, -0.05) is 6.42 Å². The van der Waals surface area contributed by atoms with Gasteiger partial charge in [-0.15, -0.1) is 0 Å². The van der Waals surface area contributed by atoms with Gasteiger partial charge in [0.05, 0.1) is 6.54 Å². The first-order valence-electron chi connectivity index (χ1n) is 5.83. The summed E-state index contributed by atoms with van der Waals surface area (Å²) in [4.78, 5) is 12.0. The number of hydrogen-bond acceptors (Lipinski definition) is 2. The van der Waals surface area contributed by atoms with Crippen LogP contribution in [0.3, 0.4) is 0 Å². The maximum Gasteiger partial charge on any atom is 0.157 e. The average Bonchev–Trinajstić information content (AvgIpc) is 2.93. The molecule has 3 heteroatoms. The first-order valence-corrected chi connectivity index (χ1v) is 5.83. The maximum atomic E-state index is 12.0. The molecule has 0 radical (unpaired) electrons. The van der Waals surface area contributed by atoms with E-state index in [9.17, 15) is 4.79 Å². The fourth-order valence-electron chi connectivity index (χ4n) is 3.31. The van der Waals surface area contributed by atoms with Gasteiger partial charge in [-0.3, -0.25) is 9.48 Å². The highest BCUT2D eigenvalue weighted by Gasteiger charge is 2.42. The van der Waals surface area contributed by atoms with Crippen LogP contribution < -0.4 is 0 Å². The highest BCUT2D eigenvalue weighted by molar-refractivity contribution is 5.81. The molecule has 3 unspecified atom stereocenters. The van der Waals surface area contributed by atoms with E-state index in [4.69, 9.17) is 0 Å². The van der Waals surface area contributed by atoms with Crippen LogP contribution in [0, 0.1) is 17.8 Å². The number of nitrogens with zero attached hydrogens (tertiary/aromatic N) is 2. The van der Waals surface area contributed by atoms with Gasteiger partial charge in [-0.05, 0) is 37.2 Å². The van der Waals surface area contributed by atoms with E-state index in [1.807, 2.05) is 12.3 Å². The minimum Gasteiger partial charge on any atom is -0.297 e. The number of ketones is 1. The highest BCUT2D eigenvalue weighted by Crippen LogP contribution is 2.48. The van der Waals surface area contributed by atoms with E-state index in [0.29, 0.717) is 24.2 Å². The minimum atomic E-state index is 0.341.